The largest absolute Gasteiger partial charge is 0.390 e. The van der Waals surface area contributed by atoms with Crippen LogP contribution in [0.4, 0.5) is 0 Å². The molecule has 2 N–H and O–H groups in total. The fourth-order valence-electron chi connectivity index (χ4n) is 3.14. The van der Waals surface area contributed by atoms with E-state index in [1.165, 1.54) is 0 Å². The van der Waals surface area contributed by atoms with Crippen LogP contribution in [0.3, 0.4) is 0 Å². The number of aliphatic hydroxyl groups is 2. The van der Waals surface area contributed by atoms with Crippen LogP contribution in [-0.4, -0.2) is 85.2 Å². The van der Waals surface area contributed by atoms with Gasteiger partial charge in [-0.25, -0.2) is 0 Å². The van der Waals surface area contributed by atoms with Gasteiger partial charge in [0.05, 0.1) is 25.4 Å². The molecule has 0 amide bonds. The summed E-state index contributed by atoms with van der Waals surface area (Å²) in [6, 6.07) is 0.0799. The van der Waals surface area contributed by atoms with Crippen molar-refractivity contribution in [3.05, 3.63) is 0 Å². The smallest absolute Gasteiger partial charge is 0.0957 e. The number of hydrogen-bond donors (Lipinski definition) is 2. The van der Waals surface area contributed by atoms with E-state index in [0.717, 1.165) is 32.8 Å². The molecule has 1 saturated heterocycles. The lowest BCUT2D eigenvalue weighted by Crippen LogP contribution is -2.52. The topological polar surface area (TPSA) is 56.2 Å². The van der Waals surface area contributed by atoms with Gasteiger partial charge in [0.15, 0.2) is 0 Å². The van der Waals surface area contributed by atoms with Crippen LogP contribution in [0.5, 0.6) is 0 Å². The molecule has 0 bridgehead atoms. The third kappa shape index (κ3) is 2.98. The van der Waals surface area contributed by atoms with Gasteiger partial charge in [-0.05, 0) is 26.4 Å². The maximum absolute atomic E-state index is 10.1. The van der Waals surface area contributed by atoms with Crippen LogP contribution in [-0.2, 0) is 4.74 Å². The third-order valence-electron chi connectivity index (χ3n) is 3.84. The van der Waals surface area contributed by atoms with Gasteiger partial charge in [-0.1, -0.05) is 0 Å². The van der Waals surface area contributed by atoms with Crippen LogP contribution in [0.1, 0.15) is 6.42 Å². The van der Waals surface area contributed by atoms with Crippen LogP contribution in [0, 0.1) is 5.92 Å². The average Bonchev–Trinajstić information content (AvgIpc) is 2.55. The molecule has 1 aliphatic carbocycles. The molecule has 17 heavy (non-hydrogen) atoms. The molecular weight excluding hydrogens is 220 g/mol. The van der Waals surface area contributed by atoms with Crippen LogP contribution < -0.4 is 0 Å². The lowest BCUT2D eigenvalue weighted by atomic mass is 10.00. The number of ether oxygens (including phenoxy) is 1. The summed E-state index contributed by atoms with van der Waals surface area (Å²) in [5.41, 5.74) is 0. The van der Waals surface area contributed by atoms with Crippen LogP contribution in [0.2, 0.25) is 0 Å². The molecule has 5 heteroatoms. The Balaban J connectivity index is 2.03. The maximum Gasteiger partial charge on any atom is 0.0957 e. The molecule has 2 rings (SSSR count). The number of hydrogen-bond acceptors (Lipinski definition) is 5. The van der Waals surface area contributed by atoms with Gasteiger partial charge >= 0.3 is 0 Å². The van der Waals surface area contributed by atoms with Crippen molar-refractivity contribution in [2.45, 2.75) is 24.7 Å². The molecule has 2 fully saturated rings. The number of aliphatic hydroxyl groups excluding tert-OH is 2. The van der Waals surface area contributed by atoms with Crippen molar-refractivity contribution in [1.29, 1.82) is 0 Å². The highest BCUT2D eigenvalue weighted by atomic mass is 16.5. The van der Waals surface area contributed by atoms with E-state index in [4.69, 9.17) is 4.74 Å². The van der Waals surface area contributed by atoms with E-state index in [9.17, 15) is 10.2 Å². The molecule has 1 aliphatic heterocycles. The molecule has 2 aliphatic rings. The van der Waals surface area contributed by atoms with Crippen molar-refractivity contribution in [2.24, 2.45) is 5.92 Å². The van der Waals surface area contributed by atoms with Gasteiger partial charge in [0, 0.05) is 25.7 Å². The van der Waals surface area contributed by atoms with E-state index in [1.807, 2.05) is 14.1 Å². The summed E-state index contributed by atoms with van der Waals surface area (Å²) in [5, 5.41) is 20.0. The zero-order valence-electron chi connectivity index (χ0n) is 10.7. The minimum atomic E-state index is -0.613. The average molecular weight is 244 g/mol. The van der Waals surface area contributed by atoms with E-state index < -0.39 is 12.2 Å². The second kappa shape index (κ2) is 5.63. The van der Waals surface area contributed by atoms with Crippen molar-refractivity contribution < 1.29 is 14.9 Å². The Morgan fingerprint density at radius 2 is 1.88 bits per heavy atom. The highest BCUT2D eigenvalue weighted by Crippen LogP contribution is 2.31. The van der Waals surface area contributed by atoms with E-state index in [2.05, 4.69) is 9.80 Å². The predicted molar refractivity (Wildman–Crippen MR) is 64.9 cm³/mol. The summed E-state index contributed by atoms with van der Waals surface area (Å²) in [6.45, 7) is 4.09. The Morgan fingerprint density at radius 1 is 1.24 bits per heavy atom. The molecule has 1 saturated carbocycles. The van der Waals surface area contributed by atoms with E-state index in [1.54, 1.807) is 0 Å². The Labute approximate surface area is 103 Å². The second-order valence-electron chi connectivity index (χ2n) is 5.45. The van der Waals surface area contributed by atoms with Crippen LogP contribution in [0.25, 0.3) is 0 Å². The lowest BCUT2D eigenvalue weighted by Gasteiger charge is -2.37. The molecule has 0 unspecified atom stereocenters. The zero-order valence-corrected chi connectivity index (χ0v) is 10.7. The highest BCUT2D eigenvalue weighted by molar-refractivity contribution is 4.98. The Kier molecular flexibility index (Phi) is 4.38. The van der Waals surface area contributed by atoms with Gasteiger partial charge < -0.3 is 19.8 Å². The summed E-state index contributed by atoms with van der Waals surface area (Å²) in [5.74, 6) is 0.341. The number of rotatable bonds is 3. The first-order valence-corrected chi connectivity index (χ1v) is 6.42. The van der Waals surface area contributed by atoms with E-state index in [-0.39, 0.29) is 6.04 Å². The predicted octanol–water partition coefficient (Wildman–Crippen LogP) is -1.01. The molecular formula is C12H24N2O3. The van der Waals surface area contributed by atoms with Gasteiger partial charge in [-0.3, -0.25) is 4.90 Å². The van der Waals surface area contributed by atoms with Crippen molar-refractivity contribution in [3.63, 3.8) is 0 Å². The van der Waals surface area contributed by atoms with Crippen molar-refractivity contribution >= 4 is 0 Å². The molecule has 1 heterocycles. The van der Waals surface area contributed by atoms with Crippen molar-refractivity contribution in [3.8, 4) is 0 Å². The molecule has 5 nitrogen and oxygen atoms in total. The van der Waals surface area contributed by atoms with Crippen molar-refractivity contribution in [1.82, 2.24) is 9.80 Å². The fourth-order valence-corrected chi connectivity index (χ4v) is 3.14. The van der Waals surface area contributed by atoms with E-state index in [0.29, 0.717) is 12.3 Å². The molecule has 0 radical (unpaired) electrons. The maximum atomic E-state index is 10.1. The van der Waals surface area contributed by atoms with Crippen LogP contribution >= 0.6 is 0 Å². The highest BCUT2D eigenvalue weighted by Gasteiger charge is 2.44. The van der Waals surface area contributed by atoms with Gasteiger partial charge in [0.2, 0.25) is 0 Å². The van der Waals surface area contributed by atoms with Crippen LogP contribution in [0.15, 0.2) is 0 Å². The fraction of sp³-hybridized carbons (Fsp3) is 1.00. The minimum absolute atomic E-state index is 0.0799. The third-order valence-corrected chi connectivity index (χ3v) is 3.84. The second-order valence-corrected chi connectivity index (χ2v) is 5.45. The Morgan fingerprint density at radius 3 is 2.47 bits per heavy atom. The molecule has 0 aromatic carbocycles. The monoisotopic (exact) mass is 244 g/mol. The summed E-state index contributed by atoms with van der Waals surface area (Å²) < 4.78 is 5.34. The van der Waals surface area contributed by atoms with Gasteiger partial charge in [-0.15, -0.1) is 0 Å². The molecule has 0 aromatic rings. The quantitative estimate of drug-likeness (QED) is 0.666. The van der Waals surface area contributed by atoms with Gasteiger partial charge in [0.25, 0.3) is 0 Å². The summed E-state index contributed by atoms with van der Waals surface area (Å²) in [4.78, 5) is 4.40. The summed E-state index contributed by atoms with van der Waals surface area (Å²) in [6.07, 6.45) is -0.493. The number of nitrogens with zero attached hydrogens (tertiary/aromatic N) is 2. The first kappa shape index (κ1) is 13.2. The van der Waals surface area contributed by atoms with E-state index >= 15 is 0 Å². The standard InChI is InChI=1S/C12H24N2O3/c1-13(2)8-9-7-10(15)12(16)11(9)14-3-5-17-6-4-14/h9-12,15-16H,3-8H2,1-2H3/t9-,10-,11-,12-/m0/s1. The number of morpholine rings is 1. The molecule has 4 atom stereocenters. The normalized spacial score (nSPS) is 40.1. The molecule has 0 aromatic heterocycles. The minimum Gasteiger partial charge on any atom is -0.390 e. The zero-order chi connectivity index (χ0) is 12.4. The first-order valence-electron chi connectivity index (χ1n) is 6.42. The lowest BCUT2D eigenvalue weighted by molar-refractivity contribution is -0.0442. The van der Waals surface area contributed by atoms with Gasteiger partial charge in [0.1, 0.15) is 0 Å². The Bertz CT molecular complexity index is 242. The Hall–Kier alpha value is -0.200. The summed E-state index contributed by atoms with van der Waals surface area (Å²) in [7, 11) is 4.07. The first-order chi connectivity index (χ1) is 8.09. The molecule has 100 valence electrons. The van der Waals surface area contributed by atoms with Crippen molar-refractivity contribution in [2.75, 3.05) is 46.9 Å². The SMILES string of the molecule is CN(C)C[C@@H]1C[C@H](O)[C@H](O)[C@H]1N1CCOCC1. The van der Waals surface area contributed by atoms with Gasteiger partial charge in [-0.2, -0.15) is 0 Å². The molecule has 0 spiro atoms. The summed E-state index contributed by atoms with van der Waals surface area (Å²) >= 11 is 0.